The van der Waals surface area contributed by atoms with Gasteiger partial charge in [-0.15, -0.1) is 0 Å². The lowest BCUT2D eigenvalue weighted by molar-refractivity contribution is -0.385. The third kappa shape index (κ3) is 5.84. The van der Waals surface area contributed by atoms with Gasteiger partial charge < -0.3 is 4.74 Å². The molecule has 0 aliphatic carbocycles. The molecule has 12 heteroatoms. The van der Waals surface area contributed by atoms with Gasteiger partial charge in [-0.25, -0.2) is 13.2 Å². The van der Waals surface area contributed by atoms with E-state index >= 15 is 0 Å². The van der Waals surface area contributed by atoms with E-state index in [0.717, 1.165) is 12.1 Å². The van der Waals surface area contributed by atoms with E-state index in [1.165, 1.54) is 31.5 Å². The number of methoxy groups -OCH3 is 1. The summed E-state index contributed by atoms with van der Waals surface area (Å²) in [6.07, 6.45) is 1.39. The molecule has 0 spiro atoms. The zero-order valence-electron chi connectivity index (χ0n) is 17.1. The number of carbonyl (C=O) groups is 1. The quantitative estimate of drug-likeness (QED) is 0.208. The number of nitro benzene ring substituents is 1. The molecule has 0 unspecified atom stereocenters. The molecule has 3 aromatic carbocycles. The minimum absolute atomic E-state index is 0.00239. The van der Waals surface area contributed by atoms with Crippen LogP contribution in [0, 0.1) is 10.1 Å². The van der Waals surface area contributed by atoms with Crippen molar-refractivity contribution in [1.82, 2.24) is 0 Å². The van der Waals surface area contributed by atoms with Crippen LogP contribution in [0.1, 0.15) is 15.9 Å². The van der Waals surface area contributed by atoms with Crippen molar-refractivity contribution in [2.75, 3.05) is 17.3 Å². The molecule has 0 saturated heterocycles. The van der Waals surface area contributed by atoms with Crippen LogP contribution >= 0.6 is 11.6 Å². The van der Waals surface area contributed by atoms with Crippen LogP contribution in [0.3, 0.4) is 0 Å². The van der Waals surface area contributed by atoms with Crippen molar-refractivity contribution in [3.63, 3.8) is 0 Å². The number of hydrazone groups is 1. The smallest absolute Gasteiger partial charge is 0.337 e. The average Bonchev–Trinajstić information content (AvgIpc) is 2.80. The highest BCUT2D eigenvalue weighted by Gasteiger charge is 2.23. The van der Waals surface area contributed by atoms with Gasteiger partial charge in [-0.05, 0) is 35.9 Å². The molecule has 0 heterocycles. The first-order chi connectivity index (χ1) is 15.7. The first-order valence-electron chi connectivity index (χ1n) is 9.24. The second-order valence-corrected chi connectivity index (χ2v) is 8.56. The molecule has 170 valence electrons. The molecule has 33 heavy (non-hydrogen) atoms. The van der Waals surface area contributed by atoms with E-state index in [2.05, 4.69) is 20.0 Å². The van der Waals surface area contributed by atoms with Crippen molar-refractivity contribution in [3.05, 3.63) is 93.0 Å². The molecule has 0 bridgehead atoms. The van der Waals surface area contributed by atoms with Crippen LogP contribution in [0.4, 0.5) is 17.1 Å². The third-order valence-corrected chi connectivity index (χ3v) is 6.05. The van der Waals surface area contributed by atoms with Crippen LogP contribution in [-0.4, -0.2) is 32.6 Å². The number of rotatable bonds is 8. The van der Waals surface area contributed by atoms with Crippen molar-refractivity contribution in [2.45, 2.75) is 4.90 Å². The Hall–Kier alpha value is -3.96. The Labute approximate surface area is 194 Å². The van der Waals surface area contributed by atoms with Crippen molar-refractivity contribution in [2.24, 2.45) is 5.10 Å². The predicted molar refractivity (Wildman–Crippen MR) is 124 cm³/mol. The molecule has 10 nitrogen and oxygen atoms in total. The van der Waals surface area contributed by atoms with Gasteiger partial charge in [0.25, 0.3) is 15.7 Å². The fourth-order valence-corrected chi connectivity index (χ4v) is 4.18. The molecular formula is C21H17ClN4O6S. The second-order valence-electron chi connectivity index (χ2n) is 6.51. The number of hydrogen-bond acceptors (Lipinski definition) is 8. The fraction of sp³-hybridized carbons (Fsp3) is 0.0476. The lowest BCUT2D eigenvalue weighted by Crippen LogP contribution is -2.15. The zero-order chi connectivity index (χ0) is 24.0. The Morgan fingerprint density at radius 1 is 1.09 bits per heavy atom. The van der Waals surface area contributed by atoms with Crippen molar-refractivity contribution >= 4 is 50.9 Å². The van der Waals surface area contributed by atoms with Gasteiger partial charge in [0.2, 0.25) is 0 Å². The number of nitrogens with one attached hydrogen (secondary N) is 2. The summed E-state index contributed by atoms with van der Waals surface area (Å²) < 4.78 is 32.9. The van der Waals surface area contributed by atoms with E-state index in [9.17, 15) is 23.3 Å². The topological polar surface area (TPSA) is 140 Å². The summed E-state index contributed by atoms with van der Waals surface area (Å²) >= 11 is 6.03. The maximum absolute atomic E-state index is 13.0. The normalized spacial score (nSPS) is 11.2. The van der Waals surface area contributed by atoms with Gasteiger partial charge in [0, 0.05) is 12.1 Å². The van der Waals surface area contributed by atoms with Crippen LogP contribution in [0.5, 0.6) is 0 Å². The van der Waals surface area contributed by atoms with Crippen LogP contribution in [0.15, 0.2) is 76.7 Å². The number of para-hydroxylation sites is 1. The first-order valence-corrected chi connectivity index (χ1v) is 11.1. The zero-order valence-corrected chi connectivity index (χ0v) is 18.6. The summed E-state index contributed by atoms with van der Waals surface area (Å²) in [6.45, 7) is 0. The molecule has 2 N–H and O–H groups in total. The Morgan fingerprint density at radius 2 is 1.79 bits per heavy atom. The van der Waals surface area contributed by atoms with Gasteiger partial charge in [-0.3, -0.25) is 20.3 Å². The average molecular weight is 489 g/mol. The Kier molecular flexibility index (Phi) is 7.26. The molecule has 0 atom stereocenters. The minimum atomic E-state index is -4.26. The summed E-state index contributed by atoms with van der Waals surface area (Å²) in [5.41, 5.74) is 3.26. The number of ether oxygens (including phenoxy) is 1. The number of nitro groups is 1. The van der Waals surface area contributed by atoms with Gasteiger partial charge in [0.15, 0.2) is 0 Å². The van der Waals surface area contributed by atoms with Gasteiger partial charge in [0.1, 0.15) is 4.90 Å². The van der Waals surface area contributed by atoms with Gasteiger partial charge in [-0.1, -0.05) is 35.9 Å². The summed E-state index contributed by atoms with van der Waals surface area (Å²) in [5.74, 6) is -0.483. The van der Waals surface area contributed by atoms with Crippen LogP contribution in [0.25, 0.3) is 0 Å². The van der Waals surface area contributed by atoms with Crippen molar-refractivity contribution in [3.8, 4) is 0 Å². The Bertz CT molecular complexity index is 1330. The minimum Gasteiger partial charge on any atom is -0.465 e. The molecule has 0 aliphatic rings. The molecule has 3 aromatic rings. The van der Waals surface area contributed by atoms with E-state index in [-0.39, 0.29) is 16.4 Å². The standard InChI is InChI=1S/C21H17ClN4O6S/c1-32-21(27)15-8-6-14(7-9-15)13-23-24-19-11-10-16(26(28)29)12-20(19)33(30,31)25-18-5-3-2-4-17(18)22/h2-13,24-25H,1H3/b23-13+. The van der Waals surface area contributed by atoms with Crippen LogP contribution < -0.4 is 10.1 Å². The fourth-order valence-electron chi connectivity index (χ4n) is 2.68. The van der Waals surface area contributed by atoms with E-state index < -0.39 is 31.5 Å². The van der Waals surface area contributed by atoms with Crippen molar-refractivity contribution in [1.29, 1.82) is 0 Å². The number of nitrogens with zero attached hydrogens (tertiary/aromatic N) is 2. The summed E-state index contributed by atoms with van der Waals surface area (Å²) in [4.78, 5) is 21.6. The highest BCUT2D eigenvalue weighted by atomic mass is 35.5. The van der Waals surface area contributed by atoms with Gasteiger partial charge in [-0.2, -0.15) is 5.10 Å². The number of carbonyl (C=O) groups excluding carboxylic acids is 1. The van der Waals surface area contributed by atoms with Gasteiger partial charge in [0.05, 0.1) is 40.2 Å². The maximum Gasteiger partial charge on any atom is 0.337 e. The Morgan fingerprint density at radius 3 is 2.42 bits per heavy atom. The summed E-state index contributed by atoms with van der Waals surface area (Å²) in [6, 6.07) is 15.8. The highest BCUT2D eigenvalue weighted by Crippen LogP contribution is 2.30. The molecule has 0 amide bonds. The summed E-state index contributed by atoms with van der Waals surface area (Å²) in [5, 5.41) is 15.3. The number of esters is 1. The second kappa shape index (κ2) is 10.1. The molecule has 0 saturated carbocycles. The Balaban J connectivity index is 1.89. The van der Waals surface area contributed by atoms with Crippen LogP contribution in [0.2, 0.25) is 5.02 Å². The van der Waals surface area contributed by atoms with Crippen molar-refractivity contribution < 1.29 is 22.9 Å². The monoisotopic (exact) mass is 488 g/mol. The molecule has 0 aliphatic heterocycles. The molecule has 0 fully saturated rings. The molecule has 0 aromatic heterocycles. The van der Waals surface area contributed by atoms with E-state index in [4.69, 9.17) is 11.6 Å². The molecular weight excluding hydrogens is 472 g/mol. The lowest BCUT2D eigenvalue weighted by Gasteiger charge is -2.12. The summed E-state index contributed by atoms with van der Waals surface area (Å²) in [7, 11) is -2.99. The number of anilines is 2. The predicted octanol–water partition coefficient (Wildman–Crippen LogP) is 4.28. The van der Waals surface area contributed by atoms with Gasteiger partial charge >= 0.3 is 5.97 Å². The molecule has 0 radical (unpaired) electrons. The number of sulfonamides is 1. The third-order valence-electron chi connectivity index (χ3n) is 4.31. The SMILES string of the molecule is COC(=O)c1ccc(/C=N/Nc2ccc([N+](=O)[O-])cc2S(=O)(=O)Nc2ccccc2Cl)cc1. The van der Waals surface area contributed by atoms with E-state index in [1.54, 1.807) is 36.4 Å². The van der Waals surface area contributed by atoms with E-state index in [1.807, 2.05) is 0 Å². The lowest BCUT2D eigenvalue weighted by atomic mass is 10.1. The molecule has 3 rings (SSSR count). The maximum atomic E-state index is 13.0. The number of hydrogen-bond donors (Lipinski definition) is 2. The number of non-ortho nitro benzene ring substituents is 1. The van der Waals surface area contributed by atoms with E-state index in [0.29, 0.717) is 11.1 Å². The first kappa shape index (κ1) is 23.7. The number of halogens is 1. The number of benzene rings is 3. The van der Waals surface area contributed by atoms with Crippen LogP contribution in [-0.2, 0) is 14.8 Å². The highest BCUT2D eigenvalue weighted by molar-refractivity contribution is 7.93. The largest absolute Gasteiger partial charge is 0.465 e.